The van der Waals surface area contributed by atoms with Crippen molar-refractivity contribution in [3.63, 3.8) is 0 Å². The molecule has 0 bridgehead atoms. The molecular formula is C11H16N4O3. The number of nitrogens with two attached hydrogens (primary N) is 1. The largest absolute Gasteiger partial charge is 0.398 e. The lowest BCUT2D eigenvalue weighted by Crippen LogP contribution is -2.35. The lowest BCUT2D eigenvalue weighted by atomic mass is 10.2. The van der Waals surface area contributed by atoms with Crippen LogP contribution in [0.25, 0.3) is 0 Å². The maximum absolute atomic E-state index is 11.3. The molecule has 1 aromatic carbocycles. The predicted octanol–water partition coefficient (Wildman–Crippen LogP) is 0.749. The molecule has 0 radical (unpaired) electrons. The molecule has 0 aromatic heterocycles. The standard InChI is InChI=1S/C11H16N4O3/c1-3-14(7-11(16)13-2)9-4-8(12)5-10(6-9)15(17)18/h4-6H,3,7,12H2,1-2H3,(H,13,16). The molecule has 98 valence electrons. The number of benzene rings is 1. The van der Waals surface area contributed by atoms with Crippen molar-refractivity contribution in [2.24, 2.45) is 0 Å². The van der Waals surface area contributed by atoms with Gasteiger partial charge in [-0.2, -0.15) is 0 Å². The first-order valence-electron chi connectivity index (χ1n) is 5.48. The smallest absolute Gasteiger partial charge is 0.273 e. The van der Waals surface area contributed by atoms with Crippen LogP contribution in [0.5, 0.6) is 0 Å². The summed E-state index contributed by atoms with van der Waals surface area (Å²) < 4.78 is 0. The van der Waals surface area contributed by atoms with Gasteiger partial charge in [0.2, 0.25) is 5.91 Å². The molecule has 0 atom stereocenters. The third-order valence-electron chi connectivity index (χ3n) is 2.50. The number of nitro groups is 1. The number of carbonyl (C=O) groups excluding carboxylic acids is 1. The van der Waals surface area contributed by atoms with E-state index < -0.39 is 4.92 Å². The zero-order valence-corrected chi connectivity index (χ0v) is 10.3. The van der Waals surface area contributed by atoms with Gasteiger partial charge in [-0.25, -0.2) is 0 Å². The Morgan fingerprint density at radius 3 is 2.67 bits per heavy atom. The number of likely N-dealkylation sites (N-methyl/N-ethyl adjacent to an activating group) is 2. The van der Waals surface area contributed by atoms with E-state index in [-0.39, 0.29) is 18.1 Å². The van der Waals surface area contributed by atoms with Crippen LogP contribution in [0, 0.1) is 10.1 Å². The second-order valence-corrected chi connectivity index (χ2v) is 3.73. The average molecular weight is 252 g/mol. The van der Waals surface area contributed by atoms with Crippen LogP contribution in [0.15, 0.2) is 18.2 Å². The van der Waals surface area contributed by atoms with Crippen LogP contribution in [-0.4, -0.2) is 31.0 Å². The maximum atomic E-state index is 11.3. The number of carbonyl (C=O) groups is 1. The number of anilines is 2. The highest BCUT2D eigenvalue weighted by atomic mass is 16.6. The molecule has 18 heavy (non-hydrogen) atoms. The Hall–Kier alpha value is -2.31. The Bertz CT molecular complexity index is 462. The van der Waals surface area contributed by atoms with E-state index in [2.05, 4.69) is 5.32 Å². The van der Waals surface area contributed by atoms with Crippen LogP contribution in [0.4, 0.5) is 17.1 Å². The molecule has 0 aliphatic rings. The summed E-state index contributed by atoms with van der Waals surface area (Å²) in [4.78, 5) is 23.3. The molecule has 0 saturated carbocycles. The topological polar surface area (TPSA) is 102 Å². The SMILES string of the molecule is CCN(CC(=O)NC)c1cc(N)cc([N+](=O)[O-])c1. The molecule has 0 unspecified atom stereocenters. The van der Waals surface area contributed by atoms with Gasteiger partial charge in [0.1, 0.15) is 0 Å². The van der Waals surface area contributed by atoms with Gasteiger partial charge in [0.25, 0.3) is 5.69 Å². The fraction of sp³-hybridized carbons (Fsp3) is 0.364. The minimum atomic E-state index is -0.506. The molecule has 0 heterocycles. The van der Waals surface area contributed by atoms with Gasteiger partial charge in [0.05, 0.1) is 11.5 Å². The van der Waals surface area contributed by atoms with Crippen LogP contribution < -0.4 is 16.0 Å². The third kappa shape index (κ3) is 3.34. The van der Waals surface area contributed by atoms with Crippen molar-refractivity contribution in [3.05, 3.63) is 28.3 Å². The number of nitrogens with one attached hydrogen (secondary N) is 1. The molecule has 7 nitrogen and oxygen atoms in total. The van der Waals surface area contributed by atoms with Crippen molar-refractivity contribution in [2.75, 3.05) is 30.8 Å². The molecule has 1 amide bonds. The third-order valence-corrected chi connectivity index (χ3v) is 2.50. The van der Waals surface area contributed by atoms with Crippen LogP contribution in [0.2, 0.25) is 0 Å². The first-order valence-corrected chi connectivity index (χ1v) is 5.48. The molecule has 0 spiro atoms. The Morgan fingerprint density at radius 1 is 1.50 bits per heavy atom. The molecule has 7 heteroatoms. The number of hydrogen-bond acceptors (Lipinski definition) is 5. The van der Waals surface area contributed by atoms with Crippen molar-refractivity contribution in [1.29, 1.82) is 0 Å². The average Bonchev–Trinajstić information content (AvgIpc) is 2.34. The first-order chi connectivity index (χ1) is 8.47. The predicted molar refractivity (Wildman–Crippen MR) is 69.5 cm³/mol. The highest BCUT2D eigenvalue weighted by Crippen LogP contribution is 2.25. The minimum Gasteiger partial charge on any atom is -0.398 e. The van der Waals surface area contributed by atoms with E-state index in [4.69, 9.17) is 5.73 Å². The van der Waals surface area contributed by atoms with E-state index in [1.807, 2.05) is 6.92 Å². The van der Waals surface area contributed by atoms with Gasteiger partial charge in [-0.15, -0.1) is 0 Å². The van der Waals surface area contributed by atoms with Gasteiger partial charge in [0.15, 0.2) is 0 Å². The van der Waals surface area contributed by atoms with Crippen LogP contribution in [0.3, 0.4) is 0 Å². The van der Waals surface area contributed by atoms with Gasteiger partial charge in [-0.1, -0.05) is 0 Å². The van der Waals surface area contributed by atoms with Gasteiger partial charge in [-0.05, 0) is 13.0 Å². The van der Waals surface area contributed by atoms with E-state index >= 15 is 0 Å². The second-order valence-electron chi connectivity index (χ2n) is 3.73. The Labute approximate surface area is 105 Å². The summed E-state index contributed by atoms with van der Waals surface area (Å²) in [7, 11) is 1.54. The van der Waals surface area contributed by atoms with Crippen LogP contribution in [-0.2, 0) is 4.79 Å². The Morgan fingerprint density at radius 2 is 2.17 bits per heavy atom. The van der Waals surface area contributed by atoms with Crippen molar-refractivity contribution in [3.8, 4) is 0 Å². The summed E-state index contributed by atoms with van der Waals surface area (Å²) >= 11 is 0. The van der Waals surface area contributed by atoms with Crippen LogP contribution >= 0.6 is 0 Å². The summed E-state index contributed by atoms with van der Waals surface area (Å²) in [5, 5.41) is 13.3. The van der Waals surface area contributed by atoms with Gasteiger partial charge in [-0.3, -0.25) is 14.9 Å². The van der Waals surface area contributed by atoms with Crippen molar-refractivity contribution >= 4 is 23.0 Å². The number of nitrogen functional groups attached to an aromatic ring is 1. The monoisotopic (exact) mass is 252 g/mol. The number of nitrogens with zero attached hydrogens (tertiary/aromatic N) is 2. The highest BCUT2D eigenvalue weighted by molar-refractivity contribution is 5.81. The fourth-order valence-corrected chi connectivity index (χ4v) is 1.54. The summed E-state index contributed by atoms with van der Waals surface area (Å²) in [6.07, 6.45) is 0. The number of non-ortho nitro benzene ring substituents is 1. The fourth-order valence-electron chi connectivity index (χ4n) is 1.54. The van der Waals surface area contributed by atoms with E-state index in [0.717, 1.165) is 0 Å². The van der Waals surface area contributed by atoms with Gasteiger partial charge >= 0.3 is 0 Å². The maximum Gasteiger partial charge on any atom is 0.273 e. The molecule has 0 saturated heterocycles. The number of nitro benzene ring substituents is 1. The Balaban J connectivity index is 3.05. The van der Waals surface area contributed by atoms with Crippen molar-refractivity contribution in [1.82, 2.24) is 5.32 Å². The minimum absolute atomic E-state index is 0.0830. The van der Waals surface area contributed by atoms with Crippen molar-refractivity contribution < 1.29 is 9.72 Å². The molecule has 0 fully saturated rings. The normalized spacial score (nSPS) is 9.89. The van der Waals surface area contributed by atoms with E-state index in [1.165, 1.54) is 19.2 Å². The zero-order valence-electron chi connectivity index (χ0n) is 10.3. The summed E-state index contributed by atoms with van der Waals surface area (Å²) in [5.41, 5.74) is 6.40. The summed E-state index contributed by atoms with van der Waals surface area (Å²) in [6.45, 7) is 2.54. The number of rotatable bonds is 5. The molecule has 0 aliphatic carbocycles. The number of amides is 1. The number of hydrogen-bond donors (Lipinski definition) is 2. The van der Waals surface area contributed by atoms with Gasteiger partial charge in [0, 0.05) is 37.1 Å². The zero-order chi connectivity index (χ0) is 13.7. The highest BCUT2D eigenvalue weighted by Gasteiger charge is 2.14. The lowest BCUT2D eigenvalue weighted by molar-refractivity contribution is -0.384. The Kier molecular flexibility index (Phi) is 4.47. The van der Waals surface area contributed by atoms with E-state index in [0.29, 0.717) is 17.9 Å². The molecule has 3 N–H and O–H groups in total. The first kappa shape index (κ1) is 13.8. The quantitative estimate of drug-likeness (QED) is 0.457. The van der Waals surface area contributed by atoms with Crippen molar-refractivity contribution in [2.45, 2.75) is 6.92 Å². The van der Waals surface area contributed by atoms with E-state index in [1.54, 1.807) is 11.0 Å². The van der Waals surface area contributed by atoms with E-state index in [9.17, 15) is 14.9 Å². The molecule has 0 aliphatic heterocycles. The van der Waals surface area contributed by atoms with Gasteiger partial charge < -0.3 is 16.0 Å². The summed E-state index contributed by atoms with van der Waals surface area (Å²) in [5.74, 6) is -0.165. The second kappa shape index (κ2) is 5.85. The molecule has 1 rings (SSSR count). The van der Waals surface area contributed by atoms with Crippen LogP contribution in [0.1, 0.15) is 6.92 Å². The molecule has 1 aromatic rings. The lowest BCUT2D eigenvalue weighted by Gasteiger charge is -2.22. The summed E-state index contributed by atoms with van der Waals surface area (Å²) in [6, 6.07) is 4.31. The molecular weight excluding hydrogens is 236 g/mol.